The third kappa shape index (κ3) is 5.13. The lowest BCUT2D eigenvalue weighted by Gasteiger charge is -2.31. The molecule has 0 unspecified atom stereocenters. The molecule has 2 aromatic carbocycles. The lowest BCUT2D eigenvalue weighted by Crippen LogP contribution is -2.43. The maximum atomic E-state index is 12.8. The number of carbonyl (C=O) groups excluding carboxylic acids is 1. The Morgan fingerprint density at radius 2 is 1.97 bits per heavy atom. The molecule has 1 aliphatic heterocycles. The quantitative estimate of drug-likeness (QED) is 0.366. The second kappa shape index (κ2) is 10.2. The minimum atomic E-state index is -0.00745. The molecule has 176 valence electrons. The number of imidazole rings is 1. The molecule has 1 amide bonds. The van der Waals surface area contributed by atoms with E-state index in [1.807, 2.05) is 10.7 Å². The van der Waals surface area contributed by atoms with Gasteiger partial charge in [-0.3, -0.25) is 4.79 Å². The number of amides is 1. The van der Waals surface area contributed by atoms with Crippen molar-refractivity contribution in [2.45, 2.75) is 31.1 Å². The molecule has 0 saturated carbocycles. The number of thioether (sulfide) groups is 1. The standard InChI is InChI=1S/C26H29N5OS2/c1-18-5-9-20(10-6-18)23-17-31-25(28-23)34-26(29-31)30-15-3-4-21(16-30)24(32)27-14-13-19-7-11-22(33-2)12-8-19/h5-12,17,21H,3-4,13-16H2,1-2H3,(H,27,32)/t21-/m1/s1. The second-order valence-electron chi connectivity index (χ2n) is 8.78. The first-order valence-electron chi connectivity index (χ1n) is 11.7. The van der Waals surface area contributed by atoms with Crippen LogP contribution in [-0.4, -0.2) is 46.4 Å². The minimum Gasteiger partial charge on any atom is -0.355 e. The Hall–Kier alpha value is -2.84. The van der Waals surface area contributed by atoms with Crippen LogP contribution in [0.4, 0.5) is 5.13 Å². The molecular weight excluding hydrogens is 462 g/mol. The van der Waals surface area contributed by atoms with Crippen LogP contribution < -0.4 is 10.2 Å². The molecule has 3 heterocycles. The van der Waals surface area contributed by atoms with Gasteiger partial charge in [0.05, 0.1) is 17.8 Å². The summed E-state index contributed by atoms with van der Waals surface area (Å²) < 4.78 is 1.86. The first-order valence-corrected chi connectivity index (χ1v) is 13.7. The molecule has 0 radical (unpaired) electrons. The molecule has 34 heavy (non-hydrogen) atoms. The molecule has 1 atom stereocenters. The van der Waals surface area contributed by atoms with Gasteiger partial charge in [-0.1, -0.05) is 53.3 Å². The number of nitrogens with zero attached hydrogens (tertiary/aromatic N) is 4. The fourth-order valence-electron chi connectivity index (χ4n) is 4.31. The molecule has 4 aromatic rings. The Morgan fingerprint density at radius 3 is 2.71 bits per heavy atom. The van der Waals surface area contributed by atoms with E-state index < -0.39 is 0 Å². The second-order valence-corrected chi connectivity index (χ2v) is 10.6. The highest BCUT2D eigenvalue weighted by Crippen LogP contribution is 2.30. The average Bonchev–Trinajstić information content (AvgIpc) is 3.45. The molecule has 6 nitrogen and oxygen atoms in total. The van der Waals surface area contributed by atoms with E-state index >= 15 is 0 Å². The Bertz CT molecular complexity index is 1230. The zero-order valence-electron chi connectivity index (χ0n) is 19.5. The first-order chi connectivity index (χ1) is 16.6. The summed E-state index contributed by atoms with van der Waals surface area (Å²) in [6.45, 7) is 4.38. The molecular formula is C26H29N5OS2. The molecule has 1 fully saturated rings. The molecule has 0 aliphatic carbocycles. The highest BCUT2D eigenvalue weighted by molar-refractivity contribution is 7.98. The number of carbonyl (C=O) groups is 1. The fraction of sp³-hybridized carbons (Fsp3) is 0.346. The van der Waals surface area contributed by atoms with Crippen molar-refractivity contribution in [2.24, 2.45) is 5.92 Å². The van der Waals surface area contributed by atoms with E-state index in [1.54, 1.807) is 23.1 Å². The zero-order chi connectivity index (χ0) is 23.5. The largest absolute Gasteiger partial charge is 0.355 e. The molecule has 0 spiro atoms. The molecule has 0 bridgehead atoms. The molecule has 8 heteroatoms. The van der Waals surface area contributed by atoms with E-state index in [1.165, 1.54) is 16.0 Å². The number of hydrogen-bond acceptors (Lipinski definition) is 6. The van der Waals surface area contributed by atoms with Crippen LogP contribution in [0.3, 0.4) is 0 Å². The van der Waals surface area contributed by atoms with Crippen molar-refractivity contribution in [3.8, 4) is 11.3 Å². The summed E-state index contributed by atoms with van der Waals surface area (Å²) in [6.07, 6.45) is 6.83. The van der Waals surface area contributed by atoms with Gasteiger partial charge in [-0.25, -0.2) is 9.50 Å². The lowest BCUT2D eigenvalue weighted by molar-refractivity contribution is -0.125. The van der Waals surface area contributed by atoms with Gasteiger partial charge in [-0.2, -0.15) is 0 Å². The zero-order valence-corrected chi connectivity index (χ0v) is 21.2. The molecule has 1 saturated heterocycles. The van der Waals surface area contributed by atoms with Gasteiger partial charge in [-0.15, -0.1) is 16.9 Å². The highest BCUT2D eigenvalue weighted by atomic mass is 32.2. The van der Waals surface area contributed by atoms with Gasteiger partial charge in [0.15, 0.2) is 0 Å². The number of anilines is 1. The van der Waals surface area contributed by atoms with Crippen molar-refractivity contribution in [3.05, 3.63) is 65.9 Å². The molecule has 1 N–H and O–H groups in total. The van der Waals surface area contributed by atoms with E-state index in [9.17, 15) is 4.79 Å². The predicted molar refractivity (Wildman–Crippen MR) is 141 cm³/mol. The van der Waals surface area contributed by atoms with E-state index in [0.29, 0.717) is 13.1 Å². The summed E-state index contributed by atoms with van der Waals surface area (Å²) in [4.78, 5) is 22.0. The van der Waals surface area contributed by atoms with Gasteiger partial charge in [0.1, 0.15) is 0 Å². The van der Waals surface area contributed by atoms with Crippen LogP contribution in [0, 0.1) is 12.8 Å². The van der Waals surface area contributed by atoms with Crippen molar-refractivity contribution in [1.82, 2.24) is 19.9 Å². The summed E-state index contributed by atoms with van der Waals surface area (Å²) in [5.41, 5.74) is 4.52. The van der Waals surface area contributed by atoms with Gasteiger partial charge in [0.2, 0.25) is 16.0 Å². The topological polar surface area (TPSA) is 62.5 Å². The number of rotatable bonds is 7. The number of fused-ring (bicyclic) bond motifs is 1. The molecule has 1 aliphatic rings. The van der Waals surface area contributed by atoms with Crippen molar-refractivity contribution in [1.29, 1.82) is 0 Å². The lowest BCUT2D eigenvalue weighted by atomic mass is 9.97. The SMILES string of the molecule is CSc1ccc(CCNC(=O)[C@@H]2CCCN(c3nn4cc(-c5ccc(C)cc5)nc4s3)C2)cc1. The first kappa shape index (κ1) is 22.9. The van der Waals surface area contributed by atoms with E-state index in [0.717, 1.165) is 47.2 Å². The van der Waals surface area contributed by atoms with Crippen LogP contribution in [0.5, 0.6) is 0 Å². The third-order valence-corrected chi connectivity index (χ3v) is 8.04. The van der Waals surface area contributed by atoms with Crippen LogP contribution in [0.25, 0.3) is 16.2 Å². The molecule has 2 aromatic heterocycles. The highest BCUT2D eigenvalue weighted by Gasteiger charge is 2.27. The van der Waals surface area contributed by atoms with Crippen LogP contribution in [-0.2, 0) is 11.2 Å². The number of aromatic nitrogens is 3. The van der Waals surface area contributed by atoms with E-state index in [4.69, 9.17) is 10.1 Å². The number of benzene rings is 2. The number of aryl methyl sites for hydroxylation is 1. The van der Waals surface area contributed by atoms with Crippen LogP contribution >= 0.6 is 23.1 Å². The van der Waals surface area contributed by atoms with Crippen molar-refractivity contribution in [2.75, 3.05) is 30.8 Å². The van der Waals surface area contributed by atoms with Gasteiger partial charge < -0.3 is 10.2 Å². The van der Waals surface area contributed by atoms with E-state index in [-0.39, 0.29) is 11.8 Å². The summed E-state index contributed by atoms with van der Waals surface area (Å²) in [5.74, 6) is 0.139. The summed E-state index contributed by atoms with van der Waals surface area (Å²) in [5, 5.41) is 8.86. The predicted octanol–water partition coefficient (Wildman–Crippen LogP) is 5.06. The Kier molecular flexibility index (Phi) is 6.87. The van der Waals surface area contributed by atoms with Gasteiger partial charge in [0.25, 0.3) is 0 Å². The van der Waals surface area contributed by atoms with Crippen molar-refractivity contribution >= 4 is 39.1 Å². The summed E-state index contributed by atoms with van der Waals surface area (Å²) >= 11 is 3.33. The number of nitrogens with one attached hydrogen (secondary N) is 1. The summed E-state index contributed by atoms with van der Waals surface area (Å²) in [6, 6.07) is 16.9. The molecule has 5 rings (SSSR count). The van der Waals surface area contributed by atoms with Crippen LogP contribution in [0.2, 0.25) is 0 Å². The monoisotopic (exact) mass is 491 g/mol. The van der Waals surface area contributed by atoms with Crippen molar-refractivity contribution in [3.63, 3.8) is 0 Å². The number of piperidine rings is 1. The fourth-order valence-corrected chi connectivity index (χ4v) is 5.64. The Balaban J connectivity index is 1.18. The third-order valence-electron chi connectivity index (χ3n) is 6.31. The van der Waals surface area contributed by atoms with E-state index in [2.05, 4.69) is 71.9 Å². The normalized spacial score (nSPS) is 16.2. The van der Waals surface area contributed by atoms with Crippen molar-refractivity contribution < 1.29 is 4.79 Å². The summed E-state index contributed by atoms with van der Waals surface area (Å²) in [7, 11) is 0. The maximum absolute atomic E-state index is 12.8. The number of hydrogen-bond donors (Lipinski definition) is 1. The minimum absolute atomic E-state index is 0.00745. The van der Waals surface area contributed by atoms with Crippen LogP contribution in [0.1, 0.15) is 24.0 Å². The van der Waals surface area contributed by atoms with Gasteiger partial charge in [0, 0.05) is 30.1 Å². The Labute approximate surface area is 208 Å². The van der Waals surface area contributed by atoms with Gasteiger partial charge in [-0.05, 0) is 50.1 Å². The van der Waals surface area contributed by atoms with Gasteiger partial charge >= 0.3 is 0 Å². The Morgan fingerprint density at radius 1 is 1.18 bits per heavy atom. The maximum Gasteiger partial charge on any atom is 0.224 e. The smallest absolute Gasteiger partial charge is 0.224 e. The average molecular weight is 492 g/mol. The van der Waals surface area contributed by atoms with Crippen LogP contribution in [0.15, 0.2) is 59.6 Å².